The van der Waals surface area contributed by atoms with Crippen molar-refractivity contribution < 1.29 is 9.47 Å². The summed E-state index contributed by atoms with van der Waals surface area (Å²) < 4.78 is 11.9. The zero-order valence-electron chi connectivity index (χ0n) is 10.7. The van der Waals surface area contributed by atoms with E-state index in [0.29, 0.717) is 6.61 Å². The smallest absolute Gasteiger partial charge is 0.141 e. The normalized spacial score (nSPS) is 10.0. The van der Waals surface area contributed by atoms with Gasteiger partial charge in [0, 0.05) is 11.0 Å². The highest BCUT2D eigenvalue weighted by Crippen LogP contribution is 2.22. The number of halogens is 1. The zero-order chi connectivity index (χ0) is 13.5. The Kier molecular flexibility index (Phi) is 5.10. The predicted octanol–water partition coefficient (Wildman–Crippen LogP) is 3.95. The summed E-state index contributed by atoms with van der Waals surface area (Å²) in [6, 6.07) is 15.6. The van der Waals surface area contributed by atoms with E-state index in [9.17, 15) is 0 Å². The van der Waals surface area contributed by atoms with Crippen molar-refractivity contribution in [1.82, 2.24) is 0 Å². The Morgan fingerprint density at radius 2 is 1.79 bits per heavy atom. The second-order valence-corrected chi connectivity index (χ2v) is 4.85. The molecular weight excluding hydrogens is 306 g/mol. The van der Waals surface area contributed by atoms with Gasteiger partial charge in [0.05, 0.1) is 12.8 Å². The fourth-order valence-electron chi connectivity index (χ4n) is 1.68. The van der Waals surface area contributed by atoms with Gasteiger partial charge in [0.1, 0.15) is 18.1 Å². The summed E-state index contributed by atoms with van der Waals surface area (Å²) in [7, 11) is 1.67. The van der Waals surface area contributed by atoms with Crippen LogP contribution in [-0.2, 0) is 0 Å². The molecule has 100 valence electrons. The molecule has 0 aromatic heterocycles. The number of ether oxygens (including phenoxy) is 2. The van der Waals surface area contributed by atoms with Crippen molar-refractivity contribution in [1.29, 1.82) is 0 Å². The van der Waals surface area contributed by atoms with Gasteiger partial charge in [-0.1, -0.05) is 28.1 Å². The van der Waals surface area contributed by atoms with Crippen LogP contribution in [0.3, 0.4) is 0 Å². The van der Waals surface area contributed by atoms with Gasteiger partial charge in [0.15, 0.2) is 0 Å². The number of methoxy groups -OCH3 is 1. The summed E-state index contributed by atoms with van der Waals surface area (Å²) in [5.74, 6) is 1.70. The molecule has 0 bridgehead atoms. The maximum atomic E-state index is 5.63. The minimum absolute atomic E-state index is 0.597. The number of nitrogens with one attached hydrogen (secondary N) is 1. The number of hydrogen-bond donors (Lipinski definition) is 1. The van der Waals surface area contributed by atoms with E-state index in [1.165, 1.54) is 0 Å². The molecule has 0 spiro atoms. The molecular formula is C15H16BrNO2. The molecule has 2 rings (SSSR count). The van der Waals surface area contributed by atoms with E-state index in [2.05, 4.69) is 21.2 Å². The van der Waals surface area contributed by atoms with Crippen LogP contribution in [-0.4, -0.2) is 20.3 Å². The first-order valence-corrected chi connectivity index (χ1v) is 6.84. The maximum Gasteiger partial charge on any atom is 0.141 e. The largest absolute Gasteiger partial charge is 0.495 e. The number of hydrogen-bond acceptors (Lipinski definition) is 3. The highest BCUT2D eigenvalue weighted by molar-refractivity contribution is 9.10. The average molecular weight is 322 g/mol. The van der Waals surface area contributed by atoms with Gasteiger partial charge < -0.3 is 14.8 Å². The molecule has 19 heavy (non-hydrogen) atoms. The molecule has 3 nitrogen and oxygen atoms in total. The lowest BCUT2D eigenvalue weighted by Crippen LogP contribution is -2.11. The van der Waals surface area contributed by atoms with Crippen molar-refractivity contribution in [3.8, 4) is 11.5 Å². The third kappa shape index (κ3) is 4.17. The van der Waals surface area contributed by atoms with Gasteiger partial charge in [-0.25, -0.2) is 0 Å². The van der Waals surface area contributed by atoms with Crippen molar-refractivity contribution in [2.75, 3.05) is 25.6 Å². The van der Waals surface area contributed by atoms with Crippen molar-refractivity contribution in [2.24, 2.45) is 0 Å². The van der Waals surface area contributed by atoms with Gasteiger partial charge in [-0.05, 0) is 36.4 Å². The van der Waals surface area contributed by atoms with E-state index in [-0.39, 0.29) is 0 Å². The van der Waals surface area contributed by atoms with Gasteiger partial charge in [-0.15, -0.1) is 0 Å². The molecule has 0 saturated carbocycles. The molecule has 0 unspecified atom stereocenters. The Bertz CT molecular complexity index is 514. The summed E-state index contributed by atoms with van der Waals surface area (Å²) in [5.41, 5.74) is 0.976. The third-order valence-electron chi connectivity index (χ3n) is 2.61. The Balaban J connectivity index is 1.79. The summed E-state index contributed by atoms with van der Waals surface area (Å²) in [4.78, 5) is 0. The van der Waals surface area contributed by atoms with Crippen molar-refractivity contribution in [3.63, 3.8) is 0 Å². The first kappa shape index (κ1) is 13.7. The Hall–Kier alpha value is -1.68. The molecule has 0 saturated heterocycles. The molecule has 1 N–H and O–H groups in total. The van der Waals surface area contributed by atoms with Gasteiger partial charge >= 0.3 is 0 Å². The van der Waals surface area contributed by atoms with Gasteiger partial charge in [0.25, 0.3) is 0 Å². The Labute approximate surface area is 121 Å². The van der Waals surface area contributed by atoms with E-state index in [1.807, 2.05) is 48.5 Å². The molecule has 2 aromatic rings. The second kappa shape index (κ2) is 7.04. The first-order chi connectivity index (χ1) is 9.29. The van der Waals surface area contributed by atoms with Crippen LogP contribution < -0.4 is 14.8 Å². The molecule has 0 amide bonds. The van der Waals surface area contributed by atoms with Crippen LogP contribution in [0.4, 0.5) is 5.69 Å². The van der Waals surface area contributed by atoms with E-state index < -0.39 is 0 Å². The quantitative estimate of drug-likeness (QED) is 0.817. The second-order valence-electron chi connectivity index (χ2n) is 3.93. The highest BCUT2D eigenvalue weighted by atomic mass is 79.9. The lowest BCUT2D eigenvalue weighted by Gasteiger charge is -2.11. The minimum atomic E-state index is 0.597. The number of anilines is 1. The van der Waals surface area contributed by atoms with Crippen LogP contribution in [0.1, 0.15) is 0 Å². The average Bonchev–Trinajstić information content (AvgIpc) is 2.46. The topological polar surface area (TPSA) is 30.5 Å². The minimum Gasteiger partial charge on any atom is -0.495 e. The number of rotatable bonds is 6. The number of para-hydroxylation sites is 2. The monoisotopic (exact) mass is 321 g/mol. The molecule has 0 atom stereocenters. The third-order valence-corrected chi connectivity index (χ3v) is 3.14. The Morgan fingerprint density at radius 3 is 2.53 bits per heavy atom. The van der Waals surface area contributed by atoms with E-state index in [4.69, 9.17) is 9.47 Å². The summed E-state index contributed by atoms with van der Waals surface area (Å²) in [5, 5.41) is 3.29. The van der Waals surface area contributed by atoms with Crippen LogP contribution in [0.5, 0.6) is 11.5 Å². The van der Waals surface area contributed by atoms with E-state index in [0.717, 1.165) is 28.2 Å². The maximum absolute atomic E-state index is 5.63. The van der Waals surface area contributed by atoms with Crippen LogP contribution in [0.15, 0.2) is 53.0 Å². The lowest BCUT2D eigenvalue weighted by molar-refractivity contribution is 0.332. The molecule has 0 fully saturated rings. The fourth-order valence-corrected chi connectivity index (χ4v) is 1.94. The standard InChI is InChI=1S/C15H16BrNO2/c1-18-15-5-3-2-4-14(15)17-10-11-19-13-8-6-12(16)7-9-13/h2-9,17H,10-11H2,1H3. The molecule has 4 heteroatoms. The van der Waals surface area contributed by atoms with E-state index >= 15 is 0 Å². The van der Waals surface area contributed by atoms with Crippen LogP contribution in [0, 0.1) is 0 Å². The van der Waals surface area contributed by atoms with Crippen molar-refractivity contribution in [2.45, 2.75) is 0 Å². The molecule has 0 radical (unpaired) electrons. The predicted molar refractivity (Wildman–Crippen MR) is 81.1 cm³/mol. The van der Waals surface area contributed by atoms with Crippen LogP contribution >= 0.6 is 15.9 Å². The Morgan fingerprint density at radius 1 is 1.05 bits per heavy atom. The first-order valence-electron chi connectivity index (χ1n) is 6.05. The zero-order valence-corrected chi connectivity index (χ0v) is 12.3. The van der Waals surface area contributed by atoms with Crippen LogP contribution in [0.25, 0.3) is 0 Å². The fraction of sp³-hybridized carbons (Fsp3) is 0.200. The molecule has 0 aliphatic heterocycles. The lowest BCUT2D eigenvalue weighted by atomic mass is 10.3. The molecule has 0 aliphatic rings. The summed E-state index contributed by atoms with van der Waals surface area (Å²) in [6.45, 7) is 1.32. The summed E-state index contributed by atoms with van der Waals surface area (Å²) in [6.07, 6.45) is 0. The molecule has 2 aromatic carbocycles. The summed E-state index contributed by atoms with van der Waals surface area (Å²) >= 11 is 3.39. The number of benzene rings is 2. The molecule has 0 heterocycles. The SMILES string of the molecule is COc1ccccc1NCCOc1ccc(Br)cc1. The van der Waals surface area contributed by atoms with Gasteiger partial charge in [-0.3, -0.25) is 0 Å². The van der Waals surface area contributed by atoms with Gasteiger partial charge in [0.2, 0.25) is 0 Å². The van der Waals surface area contributed by atoms with Crippen molar-refractivity contribution in [3.05, 3.63) is 53.0 Å². The van der Waals surface area contributed by atoms with Gasteiger partial charge in [-0.2, -0.15) is 0 Å². The highest BCUT2D eigenvalue weighted by Gasteiger charge is 2.00. The van der Waals surface area contributed by atoms with E-state index in [1.54, 1.807) is 7.11 Å². The van der Waals surface area contributed by atoms with Crippen molar-refractivity contribution >= 4 is 21.6 Å². The molecule has 0 aliphatic carbocycles. The van der Waals surface area contributed by atoms with Crippen LogP contribution in [0.2, 0.25) is 0 Å².